The van der Waals surface area contributed by atoms with E-state index in [9.17, 15) is 4.79 Å². The van der Waals surface area contributed by atoms with Crippen molar-refractivity contribution in [2.75, 3.05) is 11.1 Å². The molecule has 3 heterocycles. The average Bonchev–Trinajstić information content (AvgIpc) is 3.46. The first-order valence-electron chi connectivity index (χ1n) is 11.2. The minimum absolute atomic E-state index is 0.0752. The minimum Gasteiger partial charge on any atom is -0.310 e. The molecule has 0 atom stereocenters. The highest BCUT2D eigenvalue weighted by atomic mass is 32.2. The van der Waals surface area contributed by atoms with Crippen molar-refractivity contribution in [2.45, 2.75) is 57.4 Å². The van der Waals surface area contributed by atoms with Gasteiger partial charge >= 0.3 is 0 Å². The zero-order valence-corrected chi connectivity index (χ0v) is 20.9. The van der Waals surface area contributed by atoms with Crippen LogP contribution < -0.4 is 5.32 Å². The zero-order valence-electron chi connectivity index (χ0n) is 19.3. The fraction of sp³-hybridized carbons (Fsp3) is 0.360. The van der Waals surface area contributed by atoms with E-state index in [4.69, 9.17) is 10.1 Å². The van der Waals surface area contributed by atoms with E-state index in [2.05, 4.69) is 31.1 Å². The molecule has 1 aromatic carbocycles. The van der Waals surface area contributed by atoms with Crippen molar-refractivity contribution in [3.8, 4) is 5.69 Å². The number of carbonyl (C=O) groups is 1. The molecule has 0 unspecified atom stereocenters. The Morgan fingerprint density at radius 3 is 2.73 bits per heavy atom. The Morgan fingerprint density at radius 2 is 1.97 bits per heavy atom. The number of hydrogen-bond acceptors (Lipinski definition) is 6. The van der Waals surface area contributed by atoms with Gasteiger partial charge in [-0.1, -0.05) is 50.7 Å². The summed E-state index contributed by atoms with van der Waals surface area (Å²) in [6.07, 6.45) is 3.39. The van der Waals surface area contributed by atoms with Crippen LogP contribution in [0.3, 0.4) is 0 Å². The molecule has 0 radical (unpaired) electrons. The van der Waals surface area contributed by atoms with Gasteiger partial charge in [-0.3, -0.25) is 4.79 Å². The molecule has 1 aliphatic carbocycles. The van der Waals surface area contributed by atoms with Crippen LogP contribution in [0.5, 0.6) is 0 Å². The van der Waals surface area contributed by atoms with E-state index in [1.807, 2.05) is 48.0 Å². The van der Waals surface area contributed by atoms with E-state index in [-0.39, 0.29) is 17.1 Å². The van der Waals surface area contributed by atoms with Crippen LogP contribution in [0.4, 0.5) is 5.82 Å². The summed E-state index contributed by atoms with van der Waals surface area (Å²) in [6, 6.07) is 11.9. The average molecular weight is 478 g/mol. The molecule has 3 aromatic heterocycles. The first-order chi connectivity index (χ1) is 15.8. The van der Waals surface area contributed by atoms with Gasteiger partial charge in [0.05, 0.1) is 17.1 Å². The maximum Gasteiger partial charge on any atom is 0.235 e. The zero-order chi connectivity index (χ0) is 23.2. The Balaban J connectivity index is 1.39. The van der Waals surface area contributed by atoms with E-state index in [1.54, 1.807) is 11.3 Å². The van der Waals surface area contributed by atoms with E-state index < -0.39 is 0 Å². The quantitative estimate of drug-likeness (QED) is 0.295. The van der Waals surface area contributed by atoms with Crippen molar-refractivity contribution in [2.24, 2.45) is 0 Å². The van der Waals surface area contributed by atoms with Crippen LogP contribution in [0.2, 0.25) is 0 Å². The van der Waals surface area contributed by atoms with Gasteiger partial charge in [-0.2, -0.15) is 5.10 Å². The second kappa shape index (κ2) is 8.57. The van der Waals surface area contributed by atoms with Crippen molar-refractivity contribution in [3.05, 3.63) is 58.4 Å². The molecule has 0 saturated heterocycles. The summed E-state index contributed by atoms with van der Waals surface area (Å²) in [5.41, 5.74) is 3.10. The van der Waals surface area contributed by atoms with Gasteiger partial charge in [0.25, 0.3) is 0 Å². The number of fused-ring (bicyclic) bond motifs is 3. The lowest BCUT2D eigenvalue weighted by Crippen LogP contribution is -2.17. The summed E-state index contributed by atoms with van der Waals surface area (Å²) in [4.78, 5) is 24.8. The van der Waals surface area contributed by atoms with Gasteiger partial charge in [0, 0.05) is 21.7 Å². The van der Waals surface area contributed by atoms with Crippen molar-refractivity contribution < 1.29 is 4.79 Å². The Morgan fingerprint density at radius 1 is 1.18 bits per heavy atom. The van der Waals surface area contributed by atoms with Crippen molar-refractivity contribution in [3.63, 3.8) is 0 Å². The summed E-state index contributed by atoms with van der Waals surface area (Å²) in [5, 5.41) is 9.93. The van der Waals surface area contributed by atoms with Gasteiger partial charge in [0.2, 0.25) is 5.91 Å². The number of nitrogens with zero attached hydrogens (tertiary/aromatic N) is 4. The lowest BCUT2D eigenvalue weighted by atomic mass is 9.92. The molecular weight excluding hydrogens is 450 g/mol. The molecule has 0 fully saturated rings. The SMILES string of the molecule is Cc1nc(SCC(=O)Nc2cc(C(C)(C)C)nn2-c2ccccc2)c2c3c(sc2n1)CCC3. The Labute approximate surface area is 201 Å². The minimum atomic E-state index is -0.127. The number of anilines is 1. The third-order valence-corrected chi connectivity index (χ3v) is 7.89. The highest BCUT2D eigenvalue weighted by molar-refractivity contribution is 8.00. The second-order valence-corrected chi connectivity index (χ2v) is 11.4. The van der Waals surface area contributed by atoms with E-state index in [0.29, 0.717) is 5.82 Å². The normalized spacial score (nSPS) is 13.5. The van der Waals surface area contributed by atoms with E-state index in [1.165, 1.54) is 28.6 Å². The van der Waals surface area contributed by atoms with Crippen LogP contribution in [-0.2, 0) is 23.1 Å². The number of hydrogen-bond donors (Lipinski definition) is 1. The van der Waals surface area contributed by atoms with E-state index >= 15 is 0 Å². The highest BCUT2D eigenvalue weighted by Crippen LogP contribution is 2.40. The molecule has 0 aliphatic heterocycles. The lowest BCUT2D eigenvalue weighted by molar-refractivity contribution is -0.113. The van der Waals surface area contributed by atoms with Crippen LogP contribution in [0, 0.1) is 6.92 Å². The summed E-state index contributed by atoms with van der Waals surface area (Å²) in [7, 11) is 0. The predicted octanol–water partition coefficient (Wildman–Crippen LogP) is 5.70. The van der Waals surface area contributed by atoms with Crippen molar-refractivity contribution in [1.82, 2.24) is 19.7 Å². The molecule has 0 bridgehead atoms. The second-order valence-electron chi connectivity index (χ2n) is 9.36. The van der Waals surface area contributed by atoms with Gasteiger partial charge in [-0.05, 0) is 43.9 Å². The third kappa shape index (κ3) is 4.42. The summed E-state index contributed by atoms with van der Waals surface area (Å²) < 4.78 is 1.81. The molecule has 1 amide bonds. The number of aryl methyl sites for hydroxylation is 3. The number of carbonyl (C=O) groups excluding carboxylic acids is 1. The van der Waals surface area contributed by atoms with Gasteiger partial charge in [-0.15, -0.1) is 11.3 Å². The summed E-state index contributed by atoms with van der Waals surface area (Å²) in [5.74, 6) is 1.63. The molecular formula is C25H27N5OS2. The molecule has 6 nitrogen and oxygen atoms in total. The number of para-hydroxylation sites is 1. The number of nitrogens with one attached hydrogen (secondary N) is 1. The predicted molar refractivity (Wildman–Crippen MR) is 136 cm³/mol. The maximum atomic E-state index is 13.0. The number of thioether (sulfide) groups is 1. The third-order valence-electron chi connectivity index (χ3n) is 5.73. The first-order valence-corrected chi connectivity index (χ1v) is 13.0. The number of aromatic nitrogens is 4. The van der Waals surface area contributed by atoms with Crippen LogP contribution >= 0.6 is 23.1 Å². The smallest absolute Gasteiger partial charge is 0.235 e. The van der Waals surface area contributed by atoms with Crippen LogP contribution in [0.25, 0.3) is 15.9 Å². The lowest BCUT2D eigenvalue weighted by Gasteiger charge is -2.14. The van der Waals surface area contributed by atoms with Gasteiger partial charge in [0.15, 0.2) is 0 Å². The maximum absolute atomic E-state index is 13.0. The van der Waals surface area contributed by atoms with Crippen molar-refractivity contribution in [1.29, 1.82) is 0 Å². The molecule has 8 heteroatoms. The number of thiophene rings is 1. The molecule has 170 valence electrons. The number of amides is 1. The molecule has 0 saturated carbocycles. The summed E-state index contributed by atoms with van der Waals surface area (Å²) >= 11 is 3.27. The molecule has 4 aromatic rings. The fourth-order valence-electron chi connectivity index (χ4n) is 4.08. The molecule has 1 aliphatic rings. The standard InChI is InChI=1S/C25H27N5OS2/c1-15-26-23(22-17-11-8-12-18(17)33-24(22)27-15)32-14-21(31)28-20-13-19(25(2,3)4)29-30(20)16-9-6-5-7-10-16/h5-7,9-10,13H,8,11-12,14H2,1-4H3,(H,28,31). The number of benzene rings is 1. The summed E-state index contributed by atoms with van der Waals surface area (Å²) in [6.45, 7) is 8.27. The molecule has 0 spiro atoms. The van der Waals surface area contributed by atoms with Crippen molar-refractivity contribution >= 4 is 45.0 Å². The van der Waals surface area contributed by atoms with Gasteiger partial charge in [-0.25, -0.2) is 14.6 Å². The van der Waals surface area contributed by atoms with Crippen LogP contribution in [0.1, 0.15) is 49.2 Å². The van der Waals surface area contributed by atoms with Gasteiger partial charge < -0.3 is 5.32 Å². The molecule has 1 N–H and O–H groups in total. The molecule has 5 rings (SSSR count). The fourth-order valence-corrected chi connectivity index (χ4v) is 6.36. The first kappa shape index (κ1) is 22.1. The Kier molecular flexibility index (Phi) is 5.74. The monoisotopic (exact) mass is 477 g/mol. The van der Waals surface area contributed by atoms with Crippen LogP contribution in [0.15, 0.2) is 41.4 Å². The largest absolute Gasteiger partial charge is 0.310 e. The Bertz CT molecular complexity index is 1330. The molecule has 33 heavy (non-hydrogen) atoms. The van der Waals surface area contributed by atoms with E-state index in [0.717, 1.165) is 45.3 Å². The topological polar surface area (TPSA) is 72.7 Å². The number of rotatable bonds is 5. The Hall–Kier alpha value is -2.71. The van der Waals surface area contributed by atoms with Crippen LogP contribution in [-0.4, -0.2) is 31.4 Å². The van der Waals surface area contributed by atoms with Gasteiger partial charge in [0.1, 0.15) is 21.5 Å². The highest BCUT2D eigenvalue weighted by Gasteiger charge is 2.24.